The van der Waals surface area contributed by atoms with Crippen molar-refractivity contribution in [3.63, 3.8) is 0 Å². The van der Waals surface area contributed by atoms with Gasteiger partial charge in [-0.2, -0.15) is 0 Å². The van der Waals surface area contributed by atoms with E-state index >= 15 is 0 Å². The Morgan fingerprint density at radius 2 is 2.33 bits per heavy atom. The summed E-state index contributed by atoms with van der Waals surface area (Å²) in [4.78, 5) is 13.4. The number of aliphatic hydroxyl groups excluding tert-OH is 1. The normalized spacial score (nSPS) is 19.7. The van der Waals surface area contributed by atoms with Crippen LogP contribution < -0.4 is 5.32 Å². The molecule has 18 heavy (non-hydrogen) atoms. The van der Waals surface area contributed by atoms with Gasteiger partial charge in [0.1, 0.15) is 5.82 Å². The SMILES string of the molecule is O=C(Nc1cc(F)ccc1Cl)N1CCCC(O)C1. The largest absolute Gasteiger partial charge is 0.391 e. The van der Waals surface area contributed by atoms with Crippen molar-refractivity contribution in [1.29, 1.82) is 0 Å². The van der Waals surface area contributed by atoms with Crippen LogP contribution in [0.1, 0.15) is 12.8 Å². The highest BCUT2D eigenvalue weighted by Gasteiger charge is 2.22. The number of nitrogens with zero attached hydrogens (tertiary/aromatic N) is 1. The molecule has 0 aromatic heterocycles. The van der Waals surface area contributed by atoms with Crippen LogP contribution in [0, 0.1) is 5.82 Å². The smallest absolute Gasteiger partial charge is 0.321 e. The van der Waals surface area contributed by atoms with E-state index in [-0.39, 0.29) is 16.7 Å². The number of benzene rings is 1. The summed E-state index contributed by atoms with van der Waals surface area (Å²) in [5, 5.41) is 12.3. The number of likely N-dealkylation sites (tertiary alicyclic amines) is 1. The number of hydrogen-bond acceptors (Lipinski definition) is 2. The van der Waals surface area contributed by atoms with Gasteiger partial charge in [-0.05, 0) is 31.0 Å². The molecule has 1 atom stereocenters. The van der Waals surface area contributed by atoms with Crippen molar-refractivity contribution in [3.8, 4) is 0 Å². The summed E-state index contributed by atoms with van der Waals surface area (Å²) in [5.41, 5.74) is 0.238. The molecule has 1 aromatic rings. The molecule has 2 amide bonds. The van der Waals surface area contributed by atoms with E-state index in [0.29, 0.717) is 19.5 Å². The standard InChI is InChI=1S/C12H14ClFN2O2/c13-10-4-3-8(14)6-11(10)15-12(18)16-5-1-2-9(17)7-16/h3-4,6,9,17H,1-2,5,7H2,(H,15,18). The number of rotatable bonds is 1. The second-order valence-corrected chi connectivity index (χ2v) is 4.70. The first kappa shape index (κ1) is 13.1. The van der Waals surface area contributed by atoms with E-state index in [9.17, 15) is 14.3 Å². The minimum absolute atomic E-state index is 0.238. The Balaban J connectivity index is 2.04. The number of hydrogen-bond donors (Lipinski definition) is 2. The molecule has 98 valence electrons. The molecule has 1 aliphatic rings. The van der Waals surface area contributed by atoms with E-state index in [1.807, 2.05) is 0 Å². The van der Waals surface area contributed by atoms with Crippen molar-refractivity contribution in [2.75, 3.05) is 18.4 Å². The molecular formula is C12H14ClFN2O2. The number of anilines is 1. The lowest BCUT2D eigenvalue weighted by atomic mass is 10.1. The van der Waals surface area contributed by atoms with Crippen LogP contribution in [0.3, 0.4) is 0 Å². The fourth-order valence-electron chi connectivity index (χ4n) is 1.93. The lowest BCUT2D eigenvalue weighted by Crippen LogP contribution is -2.44. The van der Waals surface area contributed by atoms with Gasteiger partial charge in [-0.15, -0.1) is 0 Å². The summed E-state index contributed by atoms with van der Waals surface area (Å²) in [7, 11) is 0. The summed E-state index contributed by atoms with van der Waals surface area (Å²) in [6.45, 7) is 0.870. The molecule has 2 rings (SSSR count). The first-order valence-electron chi connectivity index (χ1n) is 5.75. The zero-order chi connectivity index (χ0) is 13.1. The molecule has 1 fully saturated rings. The Labute approximate surface area is 109 Å². The van der Waals surface area contributed by atoms with Gasteiger partial charge in [0, 0.05) is 13.1 Å². The Morgan fingerprint density at radius 1 is 1.56 bits per heavy atom. The van der Waals surface area contributed by atoms with Gasteiger partial charge >= 0.3 is 6.03 Å². The fraction of sp³-hybridized carbons (Fsp3) is 0.417. The van der Waals surface area contributed by atoms with Crippen LogP contribution in [-0.2, 0) is 0 Å². The lowest BCUT2D eigenvalue weighted by molar-refractivity contribution is 0.0883. The summed E-state index contributed by atoms with van der Waals surface area (Å²) < 4.78 is 13.0. The molecule has 2 N–H and O–H groups in total. The van der Waals surface area contributed by atoms with Gasteiger partial charge in [-0.3, -0.25) is 0 Å². The molecule has 4 nitrogen and oxygen atoms in total. The summed E-state index contributed by atoms with van der Waals surface area (Å²) >= 11 is 5.86. The van der Waals surface area contributed by atoms with Crippen molar-refractivity contribution >= 4 is 23.3 Å². The Kier molecular flexibility index (Phi) is 4.04. The number of piperidine rings is 1. The molecule has 6 heteroatoms. The van der Waals surface area contributed by atoms with Crippen LogP contribution in [0.15, 0.2) is 18.2 Å². The van der Waals surface area contributed by atoms with E-state index in [1.165, 1.54) is 23.1 Å². The third-order valence-corrected chi connectivity index (χ3v) is 3.18. The van der Waals surface area contributed by atoms with E-state index < -0.39 is 11.9 Å². The van der Waals surface area contributed by atoms with Gasteiger partial charge in [-0.1, -0.05) is 11.6 Å². The topological polar surface area (TPSA) is 52.6 Å². The molecule has 0 radical (unpaired) electrons. The highest BCUT2D eigenvalue weighted by molar-refractivity contribution is 6.33. The molecule has 0 aliphatic carbocycles. The second kappa shape index (κ2) is 5.54. The van der Waals surface area contributed by atoms with E-state index in [2.05, 4.69) is 5.32 Å². The highest BCUT2D eigenvalue weighted by atomic mass is 35.5. The number of nitrogens with one attached hydrogen (secondary N) is 1. The number of halogens is 2. The number of urea groups is 1. The number of amides is 2. The van der Waals surface area contributed by atoms with E-state index in [0.717, 1.165) is 6.42 Å². The minimum Gasteiger partial charge on any atom is -0.391 e. The zero-order valence-corrected chi connectivity index (χ0v) is 10.5. The molecule has 0 saturated carbocycles. The summed E-state index contributed by atoms with van der Waals surface area (Å²) in [6.07, 6.45) is 0.961. The predicted octanol–water partition coefficient (Wildman–Crippen LogP) is 2.47. The Hall–Kier alpha value is -1.33. The van der Waals surface area contributed by atoms with Gasteiger partial charge in [-0.25, -0.2) is 9.18 Å². The number of β-amino-alcohol motifs (C(OH)–C–C–N with tert-alkyl or cyclic N) is 1. The quantitative estimate of drug-likeness (QED) is 0.825. The maximum Gasteiger partial charge on any atom is 0.321 e. The third-order valence-electron chi connectivity index (χ3n) is 2.85. The van der Waals surface area contributed by atoms with Crippen LogP contribution in [0.5, 0.6) is 0 Å². The van der Waals surface area contributed by atoms with Crippen LogP contribution in [0.25, 0.3) is 0 Å². The van der Waals surface area contributed by atoms with Crippen molar-refractivity contribution in [3.05, 3.63) is 29.0 Å². The van der Waals surface area contributed by atoms with Crippen LogP contribution in [-0.4, -0.2) is 35.2 Å². The third kappa shape index (κ3) is 3.11. The average Bonchev–Trinajstić information content (AvgIpc) is 2.34. The lowest BCUT2D eigenvalue weighted by Gasteiger charge is -2.30. The maximum atomic E-state index is 13.0. The minimum atomic E-state index is -0.493. The van der Waals surface area contributed by atoms with Gasteiger partial charge in [0.15, 0.2) is 0 Å². The predicted molar refractivity (Wildman–Crippen MR) is 67.2 cm³/mol. The fourth-order valence-corrected chi connectivity index (χ4v) is 2.09. The molecular weight excluding hydrogens is 259 g/mol. The van der Waals surface area contributed by atoms with Crippen LogP contribution in [0.2, 0.25) is 5.02 Å². The highest BCUT2D eigenvalue weighted by Crippen LogP contribution is 2.23. The van der Waals surface area contributed by atoms with Gasteiger partial charge in [0.05, 0.1) is 16.8 Å². The monoisotopic (exact) mass is 272 g/mol. The van der Waals surface area contributed by atoms with Crippen LogP contribution >= 0.6 is 11.6 Å². The average molecular weight is 273 g/mol. The molecule has 0 spiro atoms. The first-order valence-corrected chi connectivity index (χ1v) is 6.13. The summed E-state index contributed by atoms with van der Waals surface area (Å²) in [6, 6.07) is 3.40. The first-order chi connectivity index (χ1) is 8.56. The van der Waals surface area contributed by atoms with Crippen molar-refractivity contribution in [1.82, 2.24) is 4.90 Å². The molecule has 1 aliphatic heterocycles. The number of carbonyl (C=O) groups excluding carboxylic acids is 1. The number of carbonyl (C=O) groups is 1. The van der Waals surface area contributed by atoms with E-state index in [4.69, 9.17) is 11.6 Å². The maximum absolute atomic E-state index is 13.0. The van der Waals surface area contributed by atoms with Gasteiger partial charge < -0.3 is 15.3 Å². The Bertz CT molecular complexity index is 456. The zero-order valence-electron chi connectivity index (χ0n) is 9.70. The van der Waals surface area contributed by atoms with E-state index in [1.54, 1.807) is 0 Å². The molecule has 0 bridgehead atoms. The summed E-state index contributed by atoms with van der Waals surface area (Å²) in [5.74, 6) is -0.464. The molecule has 1 unspecified atom stereocenters. The molecule has 1 saturated heterocycles. The van der Waals surface area contributed by atoms with Crippen molar-refractivity contribution in [2.45, 2.75) is 18.9 Å². The Morgan fingerprint density at radius 3 is 3.06 bits per heavy atom. The molecule has 1 aromatic carbocycles. The van der Waals surface area contributed by atoms with Gasteiger partial charge in [0.2, 0.25) is 0 Å². The van der Waals surface area contributed by atoms with Crippen molar-refractivity contribution in [2.24, 2.45) is 0 Å². The van der Waals surface area contributed by atoms with Crippen LogP contribution in [0.4, 0.5) is 14.9 Å². The number of aliphatic hydroxyl groups is 1. The van der Waals surface area contributed by atoms with Gasteiger partial charge in [0.25, 0.3) is 0 Å². The second-order valence-electron chi connectivity index (χ2n) is 4.30. The van der Waals surface area contributed by atoms with Crippen molar-refractivity contribution < 1.29 is 14.3 Å². The molecule has 1 heterocycles.